The number of rotatable bonds is 8. The van der Waals surface area contributed by atoms with E-state index in [4.69, 9.17) is 0 Å². The molecule has 27 heavy (non-hydrogen) atoms. The highest BCUT2D eigenvalue weighted by Gasteiger charge is 2.15. The van der Waals surface area contributed by atoms with E-state index < -0.39 is 0 Å². The molecule has 2 heterocycles. The first-order chi connectivity index (χ1) is 13.1. The number of aromatic nitrogens is 3. The van der Waals surface area contributed by atoms with Crippen LogP contribution in [-0.4, -0.2) is 60.4 Å². The fraction of sp³-hybridized carbons (Fsp3) is 0.550. The van der Waals surface area contributed by atoms with Crippen molar-refractivity contribution < 1.29 is 0 Å². The zero-order chi connectivity index (χ0) is 19.1. The first kappa shape index (κ1) is 19.4. The molecule has 0 spiro atoms. The van der Waals surface area contributed by atoms with Gasteiger partial charge in [-0.2, -0.15) is 10.1 Å². The van der Waals surface area contributed by atoms with E-state index in [2.05, 4.69) is 80.9 Å². The Bertz CT molecular complexity index is 694. The highest BCUT2D eigenvalue weighted by molar-refractivity contribution is 5.59. The molecule has 1 aliphatic rings. The largest absolute Gasteiger partial charge is 0.372 e. The molecule has 1 saturated heterocycles. The van der Waals surface area contributed by atoms with Crippen LogP contribution in [0.2, 0.25) is 0 Å². The van der Waals surface area contributed by atoms with Crippen molar-refractivity contribution in [3.63, 3.8) is 0 Å². The third kappa shape index (κ3) is 6.06. The van der Waals surface area contributed by atoms with Crippen molar-refractivity contribution in [3.05, 3.63) is 30.5 Å². The molecule has 1 fully saturated rings. The van der Waals surface area contributed by atoms with Gasteiger partial charge >= 0.3 is 0 Å². The fourth-order valence-electron chi connectivity index (χ4n) is 3.20. The summed E-state index contributed by atoms with van der Waals surface area (Å²) in [6, 6.07) is 8.48. The van der Waals surface area contributed by atoms with Gasteiger partial charge in [0, 0.05) is 31.0 Å². The Balaban J connectivity index is 1.53. The summed E-state index contributed by atoms with van der Waals surface area (Å²) >= 11 is 0. The number of benzene rings is 1. The number of piperidine rings is 1. The van der Waals surface area contributed by atoms with Gasteiger partial charge in [-0.05, 0) is 70.1 Å². The fourth-order valence-corrected chi connectivity index (χ4v) is 3.20. The number of nitrogens with zero attached hydrogens (tertiary/aromatic N) is 5. The highest BCUT2D eigenvalue weighted by Crippen LogP contribution is 2.25. The van der Waals surface area contributed by atoms with Gasteiger partial charge in [-0.3, -0.25) is 0 Å². The predicted octanol–water partition coefficient (Wildman–Crippen LogP) is 3.22. The molecule has 7 heteroatoms. The average molecular weight is 370 g/mol. The summed E-state index contributed by atoms with van der Waals surface area (Å²) in [4.78, 5) is 9.11. The van der Waals surface area contributed by atoms with Crippen molar-refractivity contribution in [2.45, 2.75) is 26.2 Å². The van der Waals surface area contributed by atoms with Crippen LogP contribution in [0.1, 0.15) is 26.2 Å². The molecule has 0 radical (unpaired) electrons. The smallest absolute Gasteiger partial charge is 0.249 e. The summed E-state index contributed by atoms with van der Waals surface area (Å²) in [6.45, 7) is 6.52. The summed E-state index contributed by atoms with van der Waals surface area (Å²) in [5.41, 5.74) is 2.25. The molecule has 0 amide bonds. The summed E-state index contributed by atoms with van der Waals surface area (Å²) in [5.74, 6) is 2.09. The van der Waals surface area contributed by atoms with Crippen molar-refractivity contribution in [2.75, 3.05) is 55.8 Å². The first-order valence-corrected chi connectivity index (χ1v) is 9.80. The number of anilines is 4. The Hall–Kier alpha value is -2.41. The van der Waals surface area contributed by atoms with Crippen LogP contribution in [0.4, 0.5) is 23.1 Å². The molecular weight excluding hydrogens is 338 g/mol. The van der Waals surface area contributed by atoms with E-state index in [9.17, 15) is 0 Å². The van der Waals surface area contributed by atoms with Gasteiger partial charge in [0.25, 0.3) is 0 Å². The van der Waals surface area contributed by atoms with Crippen LogP contribution in [0.3, 0.4) is 0 Å². The van der Waals surface area contributed by atoms with Crippen LogP contribution >= 0.6 is 0 Å². The van der Waals surface area contributed by atoms with E-state index in [1.807, 2.05) is 0 Å². The van der Waals surface area contributed by atoms with Crippen LogP contribution in [0.15, 0.2) is 30.5 Å². The van der Waals surface area contributed by atoms with Crippen LogP contribution < -0.4 is 15.5 Å². The molecule has 0 unspecified atom stereocenters. The van der Waals surface area contributed by atoms with Gasteiger partial charge in [0.2, 0.25) is 5.95 Å². The van der Waals surface area contributed by atoms with Gasteiger partial charge < -0.3 is 20.4 Å². The number of nitrogens with one attached hydrogen (secondary N) is 2. The lowest BCUT2D eigenvalue weighted by molar-refractivity contribution is 0.405. The summed E-state index contributed by atoms with van der Waals surface area (Å²) in [6.07, 6.45) is 5.25. The van der Waals surface area contributed by atoms with Crippen molar-refractivity contribution in [1.82, 2.24) is 20.1 Å². The zero-order valence-corrected chi connectivity index (χ0v) is 16.6. The molecular formula is C20H31N7. The van der Waals surface area contributed by atoms with Gasteiger partial charge in [-0.15, -0.1) is 5.10 Å². The summed E-state index contributed by atoms with van der Waals surface area (Å²) in [7, 11) is 4.15. The number of hydrogen-bond acceptors (Lipinski definition) is 7. The summed E-state index contributed by atoms with van der Waals surface area (Å²) < 4.78 is 0. The van der Waals surface area contributed by atoms with Crippen molar-refractivity contribution >= 4 is 23.1 Å². The Morgan fingerprint density at radius 1 is 1.15 bits per heavy atom. The zero-order valence-electron chi connectivity index (χ0n) is 16.6. The standard InChI is InChI=1S/C20H31N7/c1-16-9-13-27(14-10-16)18-7-5-17(6-8-18)23-20-24-19(15-22-25-20)21-11-4-12-26(2)3/h5-8,15-16H,4,9-14H2,1-3H3,(H2,21,23,24,25). The maximum absolute atomic E-state index is 4.49. The molecule has 7 nitrogen and oxygen atoms in total. The quantitative estimate of drug-likeness (QED) is 0.692. The molecule has 2 aromatic rings. The van der Waals surface area contributed by atoms with Crippen molar-refractivity contribution in [1.29, 1.82) is 0 Å². The Labute approximate surface area is 162 Å². The number of hydrogen-bond donors (Lipinski definition) is 2. The monoisotopic (exact) mass is 369 g/mol. The minimum atomic E-state index is 0.507. The Morgan fingerprint density at radius 2 is 1.89 bits per heavy atom. The average Bonchev–Trinajstić information content (AvgIpc) is 2.67. The van der Waals surface area contributed by atoms with E-state index in [1.54, 1.807) is 6.20 Å². The van der Waals surface area contributed by atoms with E-state index in [1.165, 1.54) is 18.5 Å². The van der Waals surface area contributed by atoms with Crippen molar-refractivity contribution in [2.24, 2.45) is 5.92 Å². The van der Waals surface area contributed by atoms with E-state index >= 15 is 0 Å². The lowest BCUT2D eigenvalue weighted by Gasteiger charge is -2.32. The van der Waals surface area contributed by atoms with Gasteiger partial charge in [0.05, 0.1) is 6.20 Å². The molecule has 0 aliphatic carbocycles. The third-order valence-corrected chi connectivity index (χ3v) is 4.92. The van der Waals surface area contributed by atoms with Crippen LogP contribution in [0.25, 0.3) is 0 Å². The molecule has 1 aliphatic heterocycles. The second kappa shape index (κ2) is 9.50. The molecule has 0 saturated carbocycles. The second-order valence-corrected chi connectivity index (χ2v) is 7.59. The van der Waals surface area contributed by atoms with Crippen LogP contribution in [0, 0.1) is 5.92 Å². The van der Waals surface area contributed by atoms with Gasteiger partial charge in [-0.1, -0.05) is 6.92 Å². The molecule has 2 N–H and O–H groups in total. The van der Waals surface area contributed by atoms with E-state index in [0.717, 1.165) is 50.0 Å². The van der Waals surface area contributed by atoms with Gasteiger partial charge in [0.1, 0.15) is 0 Å². The third-order valence-electron chi connectivity index (χ3n) is 4.92. The molecule has 0 bridgehead atoms. The molecule has 1 aromatic carbocycles. The Morgan fingerprint density at radius 3 is 2.59 bits per heavy atom. The molecule has 146 valence electrons. The van der Waals surface area contributed by atoms with Crippen LogP contribution in [-0.2, 0) is 0 Å². The SMILES string of the molecule is CC1CCN(c2ccc(Nc3nncc(NCCCN(C)C)n3)cc2)CC1. The maximum Gasteiger partial charge on any atom is 0.249 e. The minimum Gasteiger partial charge on any atom is -0.372 e. The van der Waals surface area contributed by atoms with Crippen molar-refractivity contribution in [3.8, 4) is 0 Å². The highest BCUT2D eigenvalue weighted by atomic mass is 15.3. The van der Waals surface area contributed by atoms with E-state index in [-0.39, 0.29) is 0 Å². The summed E-state index contributed by atoms with van der Waals surface area (Å²) in [5, 5.41) is 14.7. The normalized spacial score (nSPS) is 15.2. The second-order valence-electron chi connectivity index (χ2n) is 7.59. The lowest BCUT2D eigenvalue weighted by Crippen LogP contribution is -2.32. The molecule has 0 atom stereocenters. The molecule has 1 aromatic heterocycles. The molecule has 3 rings (SSSR count). The predicted molar refractivity (Wildman–Crippen MR) is 112 cm³/mol. The lowest BCUT2D eigenvalue weighted by atomic mass is 9.99. The Kier molecular flexibility index (Phi) is 6.81. The van der Waals surface area contributed by atoms with Crippen LogP contribution in [0.5, 0.6) is 0 Å². The maximum atomic E-state index is 4.49. The van der Waals surface area contributed by atoms with Gasteiger partial charge in [-0.25, -0.2) is 0 Å². The van der Waals surface area contributed by atoms with E-state index in [0.29, 0.717) is 5.95 Å². The minimum absolute atomic E-state index is 0.507. The topological polar surface area (TPSA) is 69.2 Å². The first-order valence-electron chi connectivity index (χ1n) is 9.80. The van der Waals surface area contributed by atoms with Gasteiger partial charge in [0.15, 0.2) is 5.82 Å².